The van der Waals surface area contributed by atoms with Gasteiger partial charge in [0.05, 0.1) is 29.8 Å². The third kappa shape index (κ3) is 4.06. The lowest BCUT2D eigenvalue weighted by molar-refractivity contribution is -0.133. The summed E-state index contributed by atoms with van der Waals surface area (Å²) >= 11 is 6.13. The van der Waals surface area contributed by atoms with E-state index in [2.05, 4.69) is 16.4 Å². The fourth-order valence-electron chi connectivity index (χ4n) is 3.23. The van der Waals surface area contributed by atoms with Gasteiger partial charge in [-0.1, -0.05) is 11.6 Å². The number of fused-ring (bicyclic) bond motifs is 1. The standard InChI is InChI=1S/C19H21ClN4O2/c1-26-9-6-18(25)24-7-4-15(5-8-24)23-19-13(11-21)12-22-17-3-2-14(20)10-16(17)19/h2-3,10,12,15H,4-9H2,1H3,(H,22,23). The smallest absolute Gasteiger partial charge is 0.224 e. The summed E-state index contributed by atoms with van der Waals surface area (Å²) in [6, 6.07) is 7.86. The van der Waals surface area contributed by atoms with E-state index in [0.29, 0.717) is 36.7 Å². The van der Waals surface area contributed by atoms with Crippen molar-refractivity contribution in [3.63, 3.8) is 0 Å². The molecule has 1 amide bonds. The average molecular weight is 373 g/mol. The number of methoxy groups -OCH3 is 1. The monoisotopic (exact) mass is 372 g/mol. The van der Waals surface area contributed by atoms with Gasteiger partial charge in [-0.25, -0.2) is 0 Å². The predicted molar refractivity (Wildman–Crippen MR) is 101 cm³/mol. The Balaban J connectivity index is 1.73. The molecule has 7 heteroatoms. The number of hydrogen-bond donors (Lipinski definition) is 1. The van der Waals surface area contributed by atoms with Crippen LogP contribution in [0.1, 0.15) is 24.8 Å². The van der Waals surface area contributed by atoms with E-state index in [1.54, 1.807) is 19.4 Å². The normalized spacial score (nSPS) is 15.0. The van der Waals surface area contributed by atoms with Crippen LogP contribution >= 0.6 is 11.6 Å². The second-order valence-corrected chi connectivity index (χ2v) is 6.80. The molecular formula is C19H21ClN4O2. The van der Waals surface area contributed by atoms with Crippen LogP contribution in [0.3, 0.4) is 0 Å². The Labute approximate surface area is 157 Å². The minimum atomic E-state index is 0.129. The molecule has 0 spiro atoms. The van der Waals surface area contributed by atoms with Gasteiger partial charge >= 0.3 is 0 Å². The lowest BCUT2D eigenvalue weighted by atomic mass is 10.0. The molecule has 3 rings (SSSR count). The molecule has 0 atom stereocenters. The number of amides is 1. The van der Waals surface area contributed by atoms with Crippen LogP contribution in [0, 0.1) is 11.3 Å². The van der Waals surface area contributed by atoms with Gasteiger partial charge in [-0.2, -0.15) is 5.26 Å². The van der Waals surface area contributed by atoms with Crippen LogP contribution in [-0.4, -0.2) is 48.6 Å². The Morgan fingerprint density at radius 3 is 2.92 bits per heavy atom. The lowest BCUT2D eigenvalue weighted by Crippen LogP contribution is -2.42. The van der Waals surface area contributed by atoms with E-state index in [9.17, 15) is 10.1 Å². The molecule has 6 nitrogen and oxygen atoms in total. The molecular weight excluding hydrogens is 352 g/mol. The SMILES string of the molecule is COCCC(=O)N1CCC(Nc2c(C#N)cnc3ccc(Cl)cc23)CC1. The number of carbonyl (C=O) groups is 1. The molecule has 1 aromatic heterocycles. The van der Waals surface area contributed by atoms with Gasteiger partial charge in [0.1, 0.15) is 6.07 Å². The summed E-state index contributed by atoms with van der Waals surface area (Å²) in [7, 11) is 1.60. The molecule has 1 N–H and O–H groups in total. The Bertz CT molecular complexity index is 841. The van der Waals surface area contributed by atoms with E-state index in [1.807, 2.05) is 17.0 Å². The third-order valence-corrected chi connectivity index (χ3v) is 4.90. The number of rotatable bonds is 5. The first kappa shape index (κ1) is 18.4. The summed E-state index contributed by atoms with van der Waals surface area (Å²) in [4.78, 5) is 18.3. The van der Waals surface area contributed by atoms with Crippen molar-refractivity contribution in [2.45, 2.75) is 25.3 Å². The summed E-state index contributed by atoms with van der Waals surface area (Å²) in [5.41, 5.74) is 2.06. The number of hydrogen-bond acceptors (Lipinski definition) is 5. The average Bonchev–Trinajstić information content (AvgIpc) is 2.67. The van der Waals surface area contributed by atoms with Crippen LogP contribution in [0.25, 0.3) is 10.9 Å². The summed E-state index contributed by atoms with van der Waals surface area (Å²) in [5, 5.41) is 14.4. The third-order valence-electron chi connectivity index (χ3n) is 4.67. The van der Waals surface area contributed by atoms with Crippen molar-refractivity contribution in [3.8, 4) is 6.07 Å². The Morgan fingerprint density at radius 2 is 2.23 bits per heavy atom. The molecule has 1 saturated heterocycles. The quantitative estimate of drug-likeness (QED) is 0.871. The largest absolute Gasteiger partial charge is 0.384 e. The van der Waals surface area contributed by atoms with Gasteiger partial charge in [-0.3, -0.25) is 9.78 Å². The second kappa shape index (κ2) is 8.35. The Hall–Kier alpha value is -2.36. The molecule has 0 unspecified atom stereocenters. The maximum atomic E-state index is 12.1. The number of likely N-dealkylation sites (tertiary alicyclic amines) is 1. The van der Waals surface area contributed by atoms with Crippen molar-refractivity contribution >= 4 is 34.1 Å². The zero-order valence-corrected chi connectivity index (χ0v) is 15.4. The lowest BCUT2D eigenvalue weighted by Gasteiger charge is -2.33. The van der Waals surface area contributed by atoms with E-state index in [-0.39, 0.29) is 11.9 Å². The van der Waals surface area contributed by atoms with Gasteiger partial charge in [0, 0.05) is 42.8 Å². The molecule has 0 aliphatic carbocycles. The molecule has 26 heavy (non-hydrogen) atoms. The van der Waals surface area contributed by atoms with E-state index < -0.39 is 0 Å². The molecule has 1 aliphatic rings. The maximum Gasteiger partial charge on any atom is 0.224 e. The molecule has 1 fully saturated rings. The molecule has 2 heterocycles. The summed E-state index contributed by atoms with van der Waals surface area (Å²) < 4.78 is 4.97. The summed E-state index contributed by atoms with van der Waals surface area (Å²) in [5.74, 6) is 0.129. The second-order valence-electron chi connectivity index (χ2n) is 6.36. The number of anilines is 1. The van der Waals surface area contributed by atoms with Gasteiger partial charge in [-0.15, -0.1) is 0 Å². The van der Waals surface area contributed by atoms with Gasteiger partial charge in [0.25, 0.3) is 0 Å². The number of aromatic nitrogens is 1. The van der Waals surface area contributed by atoms with E-state index in [1.165, 1.54) is 0 Å². The number of pyridine rings is 1. The van der Waals surface area contributed by atoms with Crippen molar-refractivity contribution in [2.75, 3.05) is 32.1 Å². The van der Waals surface area contributed by atoms with Gasteiger partial charge in [-0.05, 0) is 31.0 Å². The predicted octanol–water partition coefficient (Wildman–Crippen LogP) is 3.20. The number of nitriles is 1. The fourth-order valence-corrected chi connectivity index (χ4v) is 3.40. The number of ether oxygens (including phenoxy) is 1. The number of carbonyl (C=O) groups excluding carboxylic acids is 1. The zero-order valence-electron chi connectivity index (χ0n) is 14.7. The highest BCUT2D eigenvalue weighted by Crippen LogP contribution is 2.30. The fraction of sp³-hybridized carbons (Fsp3) is 0.421. The molecule has 2 aromatic rings. The summed E-state index contributed by atoms with van der Waals surface area (Å²) in [6.07, 6.45) is 3.66. The summed E-state index contributed by atoms with van der Waals surface area (Å²) in [6.45, 7) is 1.85. The van der Waals surface area contributed by atoms with E-state index >= 15 is 0 Å². The highest BCUT2D eigenvalue weighted by atomic mass is 35.5. The van der Waals surface area contributed by atoms with Crippen LogP contribution in [0.4, 0.5) is 5.69 Å². The van der Waals surface area contributed by atoms with Crippen molar-refractivity contribution in [2.24, 2.45) is 0 Å². The van der Waals surface area contributed by atoms with Crippen LogP contribution in [0.5, 0.6) is 0 Å². The van der Waals surface area contributed by atoms with Crippen LogP contribution in [0.15, 0.2) is 24.4 Å². The van der Waals surface area contributed by atoms with E-state index in [0.717, 1.165) is 29.4 Å². The minimum Gasteiger partial charge on any atom is -0.384 e. The first-order valence-corrected chi connectivity index (χ1v) is 9.01. The highest BCUT2D eigenvalue weighted by Gasteiger charge is 2.23. The molecule has 0 bridgehead atoms. The van der Waals surface area contributed by atoms with Crippen LogP contribution in [-0.2, 0) is 9.53 Å². The molecule has 136 valence electrons. The molecule has 0 saturated carbocycles. The number of halogens is 1. The van der Waals surface area contributed by atoms with Gasteiger partial charge < -0.3 is 15.0 Å². The van der Waals surface area contributed by atoms with Gasteiger partial charge in [0.2, 0.25) is 5.91 Å². The van der Waals surface area contributed by atoms with Crippen molar-refractivity contribution < 1.29 is 9.53 Å². The number of nitrogens with one attached hydrogen (secondary N) is 1. The zero-order chi connectivity index (χ0) is 18.5. The van der Waals surface area contributed by atoms with Crippen molar-refractivity contribution in [1.29, 1.82) is 5.26 Å². The topological polar surface area (TPSA) is 78.2 Å². The molecule has 0 radical (unpaired) electrons. The minimum absolute atomic E-state index is 0.129. The van der Waals surface area contributed by atoms with Gasteiger partial charge in [0.15, 0.2) is 0 Å². The first-order chi connectivity index (χ1) is 12.6. The van der Waals surface area contributed by atoms with Crippen LogP contribution in [0.2, 0.25) is 5.02 Å². The Morgan fingerprint density at radius 1 is 1.46 bits per heavy atom. The number of nitrogens with zero attached hydrogens (tertiary/aromatic N) is 3. The van der Waals surface area contributed by atoms with Crippen molar-refractivity contribution in [3.05, 3.63) is 35.0 Å². The number of benzene rings is 1. The van der Waals surface area contributed by atoms with E-state index in [4.69, 9.17) is 16.3 Å². The highest BCUT2D eigenvalue weighted by molar-refractivity contribution is 6.31. The maximum absolute atomic E-state index is 12.1. The number of piperidine rings is 1. The first-order valence-electron chi connectivity index (χ1n) is 8.64. The van der Waals surface area contributed by atoms with Crippen molar-refractivity contribution in [1.82, 2.24) is 9.88 Å². The Kier molecular flexibility index (Phi) is 5.92. The molecule has 1 aliphatic heterocycles. The van der Waals surface area contributed by atoms with Crippen LogP contribution < -0.4 is 5.32 Å². The molecule has 1 aromatic carbocycles.